The van der Waals surface area contributed by atoms with Crippen molar-refractivity contribution in [2.24, 2.45) is 0 Å². The third-order valence-corrected chi connectivity index (χ3v) is 4.48. The zero-order valence-corrected chi connectivity index (χ0v) is 16.4. The molecule has 5 nitrogen and oxygen atoms in total. The average Bonchev–Trinajstić information content (AvgIpc) is 2.68. The molecule has 0 fully saturated rings. The summed E-state index contributed by atoms with van der Waals surface area (Å²) in [5, 5.41) is 6.21. The molecule has 1 atom stereocenters. The lowest BCUT2D eigenvalue weighted by atomic mass is 10.0. The molecule has 2 rings (SSSR count). The van der Waals surface area contributed by atoms with Gasteiger partial charge in [-0.25, -0.2) is 0 Å². The molecule has 0 bridgehead atoms. The van der Waals surface area contributed by atoms with E-state index in [1.165, 1.54) is 5.56 Å². The lowest BCUT2D eigenvalue weighted by Crippen LogP contribution is -2.31. The van der Waals surface area contributed by atoms with Crippen LogP contribution in [0.2, 0.25) is 0 Å². The van der Waals surface area contributed by atoms with E-state index in [1.807, 2.05) is 42.5 Å². The van der Waals surface area contributed by atoms with Gasteiger partial charge in [0.25, 0.3) is 0 Å². The van der Waals surface area contributed by atoms with E-state index in [0.29, 0.717) is 12.8 Å². The number of nitrogens with zero attached hydrogens (tertiary/aromatic N) is 1. The summed E-state index contributed by atoms with van der Waals surface area (Å²) in [7, 11) is 3.52. The summed E-state index contributed by atoms with van der Waals surface area (Å²) in [6.07, 6.45) is 2.10. The van der Waals surface area contributed by atoms with Gasteiger partial charge in [0.05, 0.1) is 6.54 Å². The van der Waals surface area contributed by atoms with Crippen LogP contribution in [0, 0.1) is 0 Å². The molecule has 0 aliphatic heterocycles. The molecule has 0 radical (unpaired) electrons. The van der Waals surface area contributed by atoms with Crippen LogP contribution in [0.15, 0.2) is 54.6 Å². The summed E-state index contributed by atoms with van der Waals surface area (Å²) in [5.41, 5.74) is 3.03. The minimum atomic E-state index is -0.0695. The van der Waals surface area contributed by atoms with Crippen molar-refractivity contribution in [3.8, 4) is 0 Å². The van der Waals surface area contributed by atoms with E-state index < -0.39 is 0 Å². The third-order valence-electron chi connectivity index (χ3n) is 4.48. The molecule has 2 aromatic rings. The van der Waals surface area contributed by atoms with Crippen LogP contribution in [-0.2, 0) is 16.0 Å². The zero-order valence-electron chi connectivity index (χ0n) is 16.4. The SMILES string of the molecule is CCC(NCC(=O)Nc1ccc(CCC(=O)N(C)C)cc1)c1ccccc1. The maximum absolute atomic E-state index is 12.2. The van der Waals surface area contributed by atoms with E-state index in [4.69, 9.17) is 0 Å². The molecule has 1 unspecified atom stereocenters. The Bertz CT molecular complexity index is 727. The Labute approximate surface area is 161 Å². The standard InChI is InChI=1S/C22H29N3O2/c1-4-20(18-8-6-5-7-9-18)23-16-21(26)24-19-13-10-17(11-14-19)12-15-22(27)25(2)3/h5-11,13-14,20,23H,4,12,15-16H2,1-3H3,(H,24,26). The molecule has 0 aliphatic carbocycles. The number of nitrogens with one attached hydrogen (secondary N) is 2. The number of carbonyl (C=O) groups excluding carboxylic acids is 2. The van der Waals surface area contributed by atoms with Gasteiger partial charge in [0, 0.05) is 32.2 Å². The molecule has 0 heterocycles. The molecule has 0 saturated carbocycles. The van der Waals surface area contributed by atoms with Crippen LogP contribution in [0.5, 0.6) is 0 Å². The van der Waals surface area contributed by atoms with Gasteiger partial charge < -0.3 is 15.5 Å². The number of amides is 2. The molecule has 0 aromatic heterocycles. The van der Waals surface area contributed by atoms with E-state index >= 15 is 0 Å². The van der Waals surface area contributed by atoms with Gasteiger partial charge in [-0.2, -0.15) is 0 Å². The first-order valence-corrected chi connectivity index (χ1v) is 9.37. The topological polar surface area (TPSA) is 61.4 Å². The van der Waals surface area contributed by atoms with Crippen LogP contribution in [0.25, 0.3) is 0 Å². The van der Waals surface area contributed by atoms with E-state index in [9.17, 15) is 9.59 Å². The number of hydrogen-bond donors (Lipinski definition) is 2. The van der Waals surface area contributed by atoms with Gasteiger partial charge >= 0.3 is 0 Å². The summed E-state index contributed by atoms with van der Waals surface area (Å²) in [6.45, 7) is 2.36. The van der Waals surface area contributed by atoms with Gasteiger partial charge in [-0.3, -0.25) is 9.59 Å². The predicted molar refractivity (Wildman–Crippen MR) is 110 cm³/mol. The van der Waals surface area contributed by atoms with Gasteiger partial charge in [-0.15, -0.1) is 0 Å². The molecule has 0 saturated heterocycles. The minimum absolute atomic E-state index is 0.0695. The van der Waals surface area contributed by atoms with E-state index in [1.54, 1.807) is 19.0 Å². The van der Waals surface area contributed by atoms with Gasteiger partial charge in [0.1, 0.15) is 0 Å². The summed E-state index contributed by atoms with van der Waals surface area (Å²) < 4.78 is 0. The fraction of sp³-hybridized carbons (Fsp3) is 0.364. The monoisotopic (exact) mass is 367 g/mol. The van der Waals surface area contributed by atoms with Gasteiger partial charge in [0.15, 0.2) is 0 Å². The highest BCUT2D eigenvalue weighted by molar-refractivity contribution is 5.92. The Hall–Kier alpha value is -2.66. The van der Waals surface area contributed by atoms with E-state index in [0.717, 1.165) is 17.7 Å². The number of benzene rings is 2. The minimum Gasteiger partial charge on any atom is -0.349 e. The fourth-order valence-electron chi connectivity index (χ4n) is 2.83. The third kappa shape index (κ3) is 6.87. The summed E-state index contributed by atoms with van der Waals surface area (Å²) in [5.74, 6) is 0.0438. The highest BCUT2D eigenvalue weighted by atomic mass is 16.2. The Morgan fingerprint density at radius 2 is 1.67 bits per heavy atom. The number of carbonyl (C=O) groups is 2. The number of hydrogen-bond acceptors (Lipinski definition) is 3. The van der Waals surface area contributed by atoms with Crippen LogP contribution >= 0.6 is 0 Å². The Morgan fingerprint density at radius 3 is 2.26 bits per heavy atom. The molecule has 0 spiro atoms. The van der Waals surface area contributed by atoms with Crippen LogP contribution in [0.4, 0.5) is 5.69 Å². The zero-order chi connectivity index (χ0) is 19.6. The van der Waals surface area contributed by atoms with Crippen molar-refractivity contribution >= 4 is 17.5 Å². The predicted octanol–water partition coefficient (Wildman–Crippen LogP) is 3.39. The van der Waals surface area contributed by atoms with Crippen molar-refractivity contribution in [1.29, 1.82) is 0 Å². The van der Waals surface area contributed by atoms with Crippen LogP contribution in [0.3, 0.4) is 0 Å². The lowest BCUT2D eigenvalue weighted by Gasteiger charge is -2.17. The molecule has 0 aliphatic rings. The number of anilines is 1. The highest BCUT2D eigenvalue weighted by Crippen LogP contribution is 2.16. The quantitative estimate of drug-likeness (QED) is 0.714. The smallest absolute Gasteiger partial charge is 0.238 e. The molecular formula is C22H29N3O2. The highest BCUT2D eigenvalue weighted by Gasteiger charge is 2.10. The van der Waals surface area contributed by atoms with Gasteiger partial charge in [-0.05, 0) is 36.1 Å². The van der Waals surface area contributed by atoms with Gasteiger partial charge in [0.2, 0.25) is 11.8 Å². The molecule has 144 valence electrons. The lowest BCUT2D eigenvalue weighted by molar-refractivity contribution is -0.128. The summed E-state index contributed by atoms with van der Waals surface area (Å²) in [6, 6.07) is 18.0. The largest absolute Gasteiger partial charge is 0.349 e. The normalized spacial score (nSPS) is 11.7. The van der Waals surface area contributed by atoms with Crippen molar-refractivity contribution in [2.75, 3.05) is 26.0 Å². The first-order chi connectivity index (χ1) is 13.0. The Morgan fingerprint density at radius 1 is 1.00 bits per heavy atom. The van der Waals surface area contributed by atoms with E-state index in [2.05, 4.69) is 29.7 Å². The summed E-state index contributed by atoms with van der Waals surface area (Å²) in [4.78, 5) is 25.5. The first-order valence-electron chi connectivity index (χ1n) is 9.37. The molecule has 27 heavy (non-hydrogen) atoms. The second-order valence-electron chi connectivity index (χ2n) is 6.79. The molecule has 2 amide bonds. The van der Waals surface area contributed by atoms with Crippen molar-refractivity contribution in [3.63, 3.8) is 0 Å². The average molecular weight is 367 g/mol. The number of aryl methyl sites for hydroxylation is 1. The molecule has 2 N–H and O–H groups in total. The van der Waals surface area contributed by atoms with Crippen LogP contribution in [0.1, 0.15) is 36.9 Å². The van der Waals surface area contributed by atoms with Crippen LogP contribution < -0.4 is 10.6 Å². The molecule has 5 heteroatoms. The van der Waals surface area contributed by atoms with Crippen molar-refractivity contribution in [3.05, 3.63) is 65.7 Å². The Balaban J connectivity index is 1.80. The second kappa shape index (κ2) is 10.5. The fourth-order valence-corrected chi connectivity index (χ4v) is 2.83. The first kappa shape index (κ1) is 20.6. The second-order valence-corrected chi connectivity index (χ2v) is 6.79. The molecular weight excluding hydrogens is 338 g/mol. The van der Waals surface area contributed by atoms with Crippen LogP contribution in [-0.4, -0.2) is 37.4 Å². The van der Waals surface area contributed by atoms with Crippen molar-refractivity contribution in [2.45, 2.75) is 32.2 Å². The number of rotatable bonds is 9. The van der Waals surface area contributed by atoms with Crippen molar-refractivity contribution in [1.82, 2.24) is 10.2 Å². The van der Waals surface area contributed by atoms with Gasteiger partial charge in [-0.1, -0.05) is 49.4 Å². The van der Waals surface area contributed by atoms with E-state index in [-0.39, 0.29) is 24.4 Å². The maximum Gasteiger partial charge on any atom is 0.238 e. The van der Waals surface area contributed by atoms with Crippen molar-refractivity contribution < 1.29 is 9.59 Å². The maximum atomic E-state index is 12.2. The molecule has 2 aromatic carbocycles. The summed E-state index contributed by atoms with van der Waals surface area (Å²) >= 11 is 0. The Kier molecular flexibility index (Phi) is 8.01.